The highest BCUT2D eigenvalue weighted by molar-refractivity contribution is 7.91. The van der Waals surface area contributed by atoms with Gasteiger partial charge in [-0.1, -0.05) is 6.07 Å². The molecule has 2 aliphatic heterocycles. The van der Waals surface area contributed by atoms with Gasteiger partial charge >= 0.3 is 0 Å². The summed E-state index contributed by atoms with van der Waals surface area (Å²) in [6.07, 6.45) is 0.985. The zero-order chi connectivity index (χ0) is 17.2. The topological polar surface area (TPSA) is 102 Å². The maximum absolute atomic E-state index is 12.3. The number of hydrogen-bond acceptors (Lipinski definition) is 6. The number of nitrogens with zero attached hydrogens (tertiary/aromatic N) is 1. The first-order chi connectivity index (χ1) is 11.5. The predicted octanol–water partition coefficient (Wildman–Crippen LogP) is 0.366. The van der Waals surface area contributed by atoms with Crippen LogP contribution in [-0.4, -0.2) is 57.7 Å². The van der Waals surface area contributed by atoms with Gasteiger partial charge in [-0.2, -0.15) is 0 Å². The van der Waals surface area contributed by atoms with Crippen LogP contribution in [0.15, 0.2) is 24.3 Å². The van der Waals surface area contributed by atoms with E-state index in [1.165, 1.54) is 0 Å². The molecule has 2 fully saturated rings. The molecule has 2 atom stereocenters. The van der Waals surface area contributed by atoms with Crippen molar-refractivity contribution in [3.05, 3.63) is 24.3 Å². The lowest BCUT2D eigenvalue weighted by molar-refractivity contribution is -0.126. The predicted molar refractivity (Wildman–Crippen MR) is 92.9 cm³/mol. The highest BCUT2D eigenvalue weighted by atomic mass is 32.2. The molecule has 7 nitrogen and oxygen atoms in total. The van der Waals surface area contributed by atoms with Crippen LogP contribution >= 0.6 is 0 Å². The van der Waals surface area contributed by atoms with Crippen molar-refractivity contribution in [1.29, 1.82) is 0 Å². The van der Waals surface area contributed by atoms with E-state index in [0.717, 1.165) is 12.1 Å². The van der Waals surface area contributed by atoms with E-state index in [1.807, 2.05) is 29.2 Å². The van der Waals surface area contributed by atoms with E-state index >= 15 is 0 Å². The third kappa shape index (κ3) is 4.06. The van der Waals surface area contributed by atoms with E-state index in [0.29, 0.717) is 31.7 Å². The van der Waals surface area contributed by atoms with Crippen molar-refractivity contribution in [3.63, 3.8) is 0 Å². The molecule has 24 heavy (non-hydrogen) atoms. The van der Waals surface area contributed by atoms with Crippen molar-refractivity contribution >= 4 is 27.1 Å². The molecule has 2 aliphatic rings. The van der Waals surface area contributed by atoms with Crippen LogP contribution in [0.3, 0.4) is 0 Å². The number of sulfone groups is 1. The molecule has 1 aromatic rings. The third-order valence-corrected chi connectivity index (χ3v) is 6.10. The summed E-state index contributed by atoms with van der Waals surface area (Å²) < 4.78 is 28.7. The van der Waals surface area contributed by atoms with E-state index in [1.54, 1.807) is 0 Å². The molecule has 0 radical (unpaired) electrons. The van der Waals surface area contributed by atoms with Gasteiger partial charge in [-0.15, -0.1) is 0 Å². The van der Waals surface area contributed by atoms with Crippen LogP contribution in [-0.2, 0) is 19.4 Å². The van der Waals surface area contributed by atoms with Gasteiger partial charge in [-0.25, -0.2) is 8.42 Å². The first-order valence-electron chi connectivity index (χ1n) is 8.19. The Bertz CT molecular complexity index is 693. The number of ether oxygens (including phenoxy) is 1. The highest BCUT2D eigenvalue weighted by Crippen LogP contribution is 2.24. The second-order valence-electron chi connectivity index (χ2n) is 6.24. The maximum Gasteiger partial charge on any atom is 0.253 e. The molecule has 132 valence electrons. The smallest absolute Gasteiger partial charge is 0.253 e. The number of anilines is 2. The minimum absolute atomic E-state index is 0.0395. The molecule has 1 amide bonds. The normalized spacial score (nSPS) is 26.3. The fourth-order valence-corrected chi connectivity index (χ4v) is 4.25. The Hall–Kier alpha value is -1.64. The molecule has 2 heterocycles. The standard InChI is InChI=1S/C16H23N3O4S/c17-11-14-4-5-15(23-14)16(20)18-12-2-1-3-13(10-12)19-6-8-24(21,22)9-7-19/h1-3,10,14-15H,4-9,11,17H2,(H,18,20)/t14-,15+/m1/s1. The summed E-state index contributed by atoms with van der Waals surface area (Å²) in [6.45, 7) is 1.38. The minimum atomic E-state index is -2.91. The van der Waals surface area contributed by atoms with Gasteiger partial charge in [0.2, 0.25) is 0 Å². The van der Waals surface area contributed by atoms with Gasteiger partial charge in [0, 0.05) is 31.0 Å². The van der Waals surface area contributed by atoms with Gasteiger partial charge in [0.15, 0.2) is 9.84 Å². The van der Waals surface area contributed by atoms with Gasteiger partial charge in [-0.3, -0.25) is 4.79 Å². The van der Waals surface area contributed by atoms with Crippen molar-refractivity contribution in [1.82, 2.24) is 0 Å². The van der Waals surface area contributed by atoms with E-state index in [4.69, 9.17) is 10.5 Å². The molecule has 2 saturated heterocycles. The van der Waals surface area contributed by atoms with Crippen molar-refractivity contribution in [2.45, 2.75) is 25.0 Å². The summed E-state index contributed by atoms with van der Waals surface area (Å²) >= 11 is 0. The van der Waals surface area contributed by atoms with Gasteiger partial charge in [0.25, 0.3) is 5.91 Å². The Morgan fingerprint density at radius 1 is 1.29 bits per heavy atom. The van der Waals surface area contributed by atoms with Crippen molar-refractivity contribution < 1.29 is 17.9 Å². The lowest BCUT2D eigenvalue weighted by Crippen LogP contribution is -2.40. The van der Waals surface area contributed by atoms with Crippen molar-refractivity contribution in [3.8, 4) is 0 Å². The highest BCUT2D eigenvalue weighted by Gasteiger charge is 2.30. The minimum Gasteiger partial charge on any atom is -0.369 e. The van der Waals surface area contributed by atoms with E-state index in [2.05, 4.69) is 5.32 Å². The molecule has 0 spiro atoms. The Morgan fingerprint density at radius 2 is 2.04 bits per heavy atom. The van der Waals surface area contributed by atoms with Crippen LogP contribution in [0.25, 0.3) is 0 Å². The van der Waals surface area contributed by atoms with Gasteiger partial charge in [-0.05, 0) is 31.0 Å². The molecule has 8 heteroatoms. The second-order valence-corrected chi connectivity index (χ2v) is 8.54. The van der Waals surface area contributed by atoms with Crippen LogP contribution in [0.1, 0.15) is 12.8 Å². The molecule has 3 rings (SSSR count). The average Bonchev–Trinajstić information content (AvgIpc) is 3.04. The van der Waals surface area contributed by atoms with Gasteiger partial charge in [0.1, 0.15) is 6.10 Å². The second kappa shape index (κ2) is 7.08. The third-order valence-electron chi connectivity index (χ3n) is 4.49. The monoisotopic (exact) mass is 353 g/mol. The van der Waals surface area contributed by atoms with Crippen LogP contribution < -0.4 is 16.0 Å². The maximum atomic E-state index is 12.3. The number of hydrogen-bond donors (Lipinski definition) is 2. The van der Waals surface area contributed by atoms with Crippen LogP contribution in [0, 0.1) is 0 Å². The number of amides is 1. The molecule has 0 unspecified atom stereocenters. The number of nitrogens with one attached hydrogen (secondary N) is 1. The summed E-state index contributed by atoms with van der Waals surface area (Å²) in [4.78, 5) is 14.3. The van der Waals surface area contributed by atoms with Crippen molar-refractivity contribution in [2.24, 2.45) is 5.73 Å². The number of carbonyl (C=O) groups is 1. The first-order valence-corrected chi connectivity index (χ1v) is 10.0. The van der Waals surface area contributed by atoms with Gasteiger partial charge in [0.05, 0.1) is 17.6 Å². The van der Waals surface area contributed by atoms with E-state index in [9.17, 15) is 13.2 Å². The Morgan fingerprint density at radius 3 is 2.71 bits per heavy atom. The van der Waals surface area contributed by atoms with E-state index in [-0.39, 0.29) is 23.5 Å². The summed E-state index contributed by atoms with van der Waals surface area (Å²) in [5, 5.41) is 2.87. The molecular formula is C16H23N3O4S. The lowest BCUT2D eigenvalue weighted by atomic mass is 10.2. The van der Waals surface area contributed by atoms with Crippen LogP contribution in [0.4, 0.5) is 11.4 Å². The zero-order valence-electron chi connectivity index (χ0n) is 13.5. The quantitative estimate of drug-likeness (QED) is 0.811. The first kappa shape index (κ1) is 17.2. The molecule has 0 aromatic heterocycles. The summed E-state index contributed by atoms with van der Waals surface area (Å²) in [6, 6.07) is 7.46. The fourth-order valence-electron chi connectivity index (χ4n) is 3.05. The molecule has 0 aliphatic carbocycles. The van der Waals surface area contributed by atoms with E-state index < -0.39 is 15.9 Å². The molecule has 0 saturated carbocycles. The summed E-state index contributed by atoms with van der Waals surface area (Å²) in [5.74, 6) is 0.171. The number of nitrogens with two attached hydrogens (primary N) is 1. The Labute approximate surface area is 142 Å². The largest absolute Gasteiger partial charge is 0.369 e. The number of carbonyl (C=O) groups excluding carboxylic acids is 1. The summed E-state index contributed by atoms with van der Waals surface area (Å²) in [5.41, 5.74) is 7.16. The number of benzene rings is 1. The SMILES string of the molecule is NC[C@H]1CC[C@@H](C(=O)Nc2cccc(N3CCS(=O)(=O)CC3)c2)O1. The summed E-state index contributed by atoms with van der Waals surface area (Å²) in [7, 11) is -2.91. The Kier molecular flexibility index (Phi) is 5.07. The number of rotatable bonds is 4. The van der Waals surface area contributed by atoms with Gasteiger partial charge < -0.3 is 20.7 Å². The van der Waals surface area contributed by atoms with Crippen LogP contribution in [0.2, 0.25) is 0 Å². The molecule has 3 N–H and O–H groups in total. The van der Waals surface area contributed by atoms with Crippen LogP contribution in [0.5, 0.6) is 0 Å². The molecular weight excluding hydrogens is 330 g/mol. The molecule has 0 bridgehead atoms. The van der Waals surface area contributed by atoms with Crippen molar-refractivity contribution in [2.75, 3.05) is 41.4 Å². The average molecular weight is 353 g/mol. The zero-order valence-corrected chi connectivity index (χ0v) is 14.3. The lowest BCUT2D eigenvalue weighted by Gasteiger charge is -2.29. The molecule has 1 aromatic carbocycles. The fraction of sp³-hybridized carbons (Fsp3) is 0.562. The Balaban J connectivity index is 1.62.